The smallest absolute Gasteiger partial charge is 0.366 e. The molecule has 0 spiro atoms. The van der Waals surface area contributed by atoms with Crippen LogP contribution < -0.4 is 0 Å². The number of hydrogen-bond donors (Lipinski definition) is 0. The van der Waals surface area contributed by atoms with Crippen molar-refractivity contribution >= 4 is 14.5 Å². The van der Waals surface area contributed by atoms with Gasteiger partial charge >= 0.3 is 5.71 Å². The average Bonchev–Trinajstić information content (AvgIpc) is 1.75. The van der Waals surface area contributed by atoms with E-state index in [1.54, 1.807) is 0 Å². The molecular weight excluding hydrogens is 75.0 g/mol. The number of carbonyl (C=O) groups excluding carboxylic acids is 1. The van der Waals surface area contributed by atoms with Crippen LogP contribution in [-0.2, 0) is 4.52 Å². The quantitative estimate of drug-likeness (QED) is 0.314. The van der Waals surface area contributed by atoms with Crippen LogP contribution >= 0.6 is 8.81 Å². The van der Waals surface area contributed by atoms with Crippen LogP contribution in [0.4, 0.5) is 4.79 Å². The molecule has 1 aliphatic heterocycles. The third-order valence-electron chi connectivity index (χ3n) is 0.185. The molecule has 0 aromatic heterocycles. The number of rotatable bonds is 0. The van der Waals surface area contributed by atoms with Crippen LogP contribution in [0.3, 0.4) is 0 Å². The summed E-state index contributed by atoms with van der Waals surface area (Å²) in [4.78, 5) is 9.35. The Labute approximate surface area is 25.0 Å². The standard InChI is InChI=1S/CHO2P/c2-1-3-4-1/h4H. The Kier molecular flexibility index (Phi) is 0.235. The predicted molar refractivity (Wildman–Crippen MR) is 14.8 cm³/mol. The van der Waals surface area contributed by atoms with Gasteiger partial charge in [-0.1, -0.05) is 0 Å². The Balaban J connectivity index is 2.60. The Hall–Kier alpha value is -0.100. The van der Waals surface area contributed by atoms with Crippen molar-refractivity contribution < 1.29 is 9.32 Å². The molecule has 4 heavy (non-hydrogen) atoms. The minimum atomic E-state index is -0.0556. The first-order valence-corrected chi connectivity index (χ1v) is 1.77. The van der Waals surface area contributed by atoms with E-state index in [9.17, 15) is 4.79 Å². The van der Waals surface area contributed by atoms with E-state index in [2.05, 4.69) is 4.52 Å². The summed E-state index contributed by atoms with van der Waals surface area (Å²) in [6, 6.07) is 0. The van der Waals surface area contributed by atoms with Gasteiger partial charge in [0.1, 0.15) is 0 Å². The van der Waals surface area contributed by atoms with Gasteiger partial charge in [-0.2, -0.15) is 0 Å². The zero-order valence-electron chi connectivity index (χ0n) is 1.82. The zero-order chi connectivity index (χ0) is 2.99. The molecule has 1 atom stereocenters. The molecule has 0 aliphatic carbocycles. The van der Waals surface area contributed by atoms with Crippen LogP contribution in [0.25, 0.3) is 0 Å². The second kappa shape index (κ2) is 0.436. The monoisotopic (exact) mass is 76.0 g/mol. The van der Waals surface area contributed by atoms with Crippen molar-refractivity contribution in [3.8, 4) is 0 Å². The van der Waals surface area contributed by atoms with Gasteiger partial charge in [-0.3, -0.25) is 0 Å². The highest BCUT2D eigenvalue weighted by Gasteiger charge is 2.17. The van der Waals surface area contributed by atoms with Crippen molar-refractivity contribution in [1.29, 1.82) is 0 Å². The first-order valence-electron chi connectivity index (χ1n) is 0.862. The van der Waals surface area contributed by atoms with Crippen LogP contribution in [0.15, 0.2) is 0 Å². The van der Waals surface area contributed by atoms with Gasteiger partial charge in [0.05, 0.1) is 0 Å². The van der Waals surface area contributed by atoms with Crippen LogP contribution in [-0.4, -0.2) is 5.71 Å². The lowest BCUT2D eigenvalue weighted by Crippen LogP contribution is -1.36. The summed E-state index contributed by atoms with van der Waals surface area (Å²) in [5, 5.41) is 0. The van der Waals surface area contributed by atoms with E-state index in [0.29, 0.717) is 0 Å². The highest BCUT2D eigenvalue weighted by molar-refractivity contribution is 7.63. The van der Waals surface area contributed by atoms with Crippen LogP contribution in [0.1, 0.15) is 0 Å². The van der Waals surface area contributed by atoms with Gasteiger partial charge in [0, 0.05) is 0 Å². The molecule has 22 valence electrons. The molecule has 2 nitrogen and oxygen atoms in total. The Bertz CT molecular complexity index is 44.0. The summed E-state index contributed by atoms with van der Waals surface area (Å²) in [7, 11) is 0.168. The van der Waals surface area contributed by atoms with Crippen molar-refractivity contribution in [2.75, 3.05) is 0 Å². The highest BCUT2D eigenvalue weighted by atomic mass is 31.1. The molecule has 0 aromatic rings. The first-order chi connectivity index (χ1) is 1.89. The molecule has 0 amide bonds. The van der Waals surface area contributed by atoms with Crippen molar-refractivity contribution in [2.24, 2.45) is 0 Å². The van der Waals surface area contributed by atoms with Crippen molar-refractivity contribution in [3.05, 3.63) is 0 Å². The van der Waals surface area contributed by atoms with Crippen molar-refractivity contribution in [1.82, 2.24) is 0 Å². The largest absolute Gasteiger partial charge is 0.431 e. The van der Waals surface area contributed by atoms with Crippen LogP contribution in [0, 0.1) is 0 Å². The van der Waals surface area contributed by atoms with Gasteiger partial charge in [0.2, 0.25) is 0 Å². The van der Waals surface area contributed by atoms with E-state index < -0.39 is 0 Å². The molecule has 1 heterocycles. The van der Waals surface area contributed by atoms with E-state index >= 15 is 0 Å². The van der Waals surface area contributed by atoms with Gasteiger partial charge in [-0.25, -0.2) is 4.79 Å². The molecule has 1 unspecified atom stereocenters. The SMILES string of the molecule is O=C1OP1. The second-order valence-electron chi connectivity index (χ2n) is 0.492. The van der Waals surface area contributed by atoms with Gasteiger partial charge in [-0.05, 0) is 0 Å². The van der Waals surface area contributed by atoms with E-state index in [4.69, 9.17) is 0 Å². The summed E-state index contributed by atoms with van der Waals surface area (Å²) in [5.74, 6) is 0. The topological polar surface area (TPSA) is 29.6 Å². The summed E-state index contributed by atoms with van der Waals surface area (Å²) in [6.45, 7) is 0. The Morgan fingerprint density at radius 1 is 2.00 bits per heavy atom. The molecule has 1 aliphatic rings. The van der Waals surface area contributed by atoms with E-state index in [-0.39, 0.29) is 14.5 Å². The fourth-order valence-corrected chi connectivity index (χ4v) is 0.0625. The summed E-state index contributed by atoms with van der Waals surface area (Å²) in [6.07, 6.45) is 0. The molecule has 1 saturated heterocycles. The van der Waals surface area contributed by atoms with Gasteiger partial charge in [0.15, 0.2) is 8.81 Å². The molecule has 1 rings (SSSR count). The zero-order valence-corrected chi connectivity index (χ0v) is 2.82. The lowest BCUT2D eigenvalue weighted by atomic mass is 11.6. The summed E-state index contributed by atoms with van der Waals surface area (Å²) < 4.78 is 4.10. The Morgan fingerprint density at radius 2 is 2.25 bits per heavy atom. The fraction of sp³-hybridized carbons (Fsp3) is 0. The van der Waals surface area contributed by atoms with Crippen molar-refractivity contribution in [3.63, 3.8) is 0 Å². The van der Waals surface area contributed by atoms with Gasteiger partial charge in [-0.15, -0.1) is 0 Å². The molecular formula is CHO2P. The third-order valence-corrected chi connectivity index (χ3v) is 0.556. The highest BCUT2D eigenvalue weighted by Crippen LogP contribution is 2.33. The summed E-state index contributed by atoms with van der Waals surface area (Å²) >= 11 is 0. The molecule has 0 saturated carbocycles. The molecule has 1 fully saturated rings. The molecule has 0 N–H and O–H groups in total. The molecule has 0 radical (unpaired) electrons. The third kappa shape index (κ3) is 0.183. The number of carbonyl (C=O) groups is 1. The van der Waals surface area contributed by atoms with E-state index in [1.165, 1.54) is 0 Å². The fourth-order valence-electron chi connectivity index (χ4n) is 0.0208. The number of hydrogen-bond acceptors (Lipinski definition) is 2. The predicted octanol–water partition coefficient (Wildman–Crippen LogP) is 0.730. The normalized spacial score (nSPS) is 25.5. The minimum absolute atomic E-state index is 0.0556. The summed E-state index contributed by atoms with van der Waals surface area (Å²) in [5.41, 5.74) is -0.0556. The lowest BCUT2D eigenvalue weighted by molar-refractivity contribution is 0.249. The van der Waals surface area contributed by atoms with E-state index in [1.807, 2.05) is 0 Å². The minimum Gasteiger partial charge on any atom is -0.431 e. The van der Waals surface area contributed by atoms with Gasteiger partial charge < -0.3 is 4.52 Å². The van der Waals surface area contributed by atoms with Crippen molar-refractivity contribution in [2.45, 2.75) is 0 Å². The maximum Gasteiger partial charge on any atom is 0.366 e. The van der Waals surface area contributed by atoms with Gasteiger partial charge in [0.25, 0.3) is 0 Å². The first kappa shape index (κ1) is 2.16. The molecule has 0 bridgehead atoms. The lowest BCUT2D eigenvalue weighted by Gasteiger charge is -1.31. The van der Waals surface area contributed by atoms with Crippen LogP contribution in [0.2, 0.25) is 0 Å². The Morgan fingerprint density at radius 3 is 2.25 bits per heavy atom. The van der Waals surface area contributed by atoms with Crippen LogP contribution in [0.5, 0.6) is 0 Å². The van der Waals surface area contributed by atoms with E-state index in [0.717, 1.165) is 0 Å². The molecule has 0 aromatic carbocycles. The average molecular weight is 76.0 g/mol. The maximum absolute atomic E-state index is 9.35. The molecule has 3 heteroatoms. The maximum atomic E-state index is 9.35. The second-order valence-corrected chi connectivity index (χ2v) is 1.31.